The maximum Gasteiger partial charge on any atom is 0.155 e. The van der Waals surface area contributed by atoms with E-state index in [-0.39, 0.29) is 12.4 Å². The van der Waals surface area contributed by atoms with Gasteiger partial charge in [0, 0.05) is 13.7 Å². The summed E-state index contributed by atoms with van der Waals surface area (Å²) in [6, 6.07) is 0. The lowest BCUT2D eigenvalue weighted by atomic mass is 10.4. The van der Waals surface area contributed by atoms with Gasteiger partial charge in [-0.15, -0.1) is 0 Å². The summed E-state index contributed by atoms with van der Waals surface area (Å²) >= 11 is 0. The summed E-state index contributed by atoms with van der Waals surface area (Å²) in [7, 11) is 1.70. The minimum absolute atomic E-state index is 0.0551. The monoisotopic (exact) mass is 161 g/mol. The average molecular weight is 161 g/mol. The topological polar surface area (TPSA) is 47.6 Å². The summed E-state index contributed by atoms with van der Waals surface area (Å²) in [4.78, 5) is 15.2. The van der Waals surface area contributed by atoms with Gasteiger partial charge in [-0.05, 0) is 13.3 Å². The minimum atomic E-state index is 0.0551. The highest BCUT2D eigenvalue weighted by Gasteiger charge is 1.92. The van der Waals surface area contributed by atoms with Crippen molar-refractivity contribution in [2.75, 3.05) is 26.9 Å². The van der Waals surface area contributed by atoms with Crippen LogP contribution in [-0.2, 0) is 14.4 Å². The molecule has 0 fully saturated rings. The van der Waals surface area contributed by atoms with Crippen LogP contribution >= 0.6 is 0 Å². The van der Waals surface area contributed by atoms with Gasteiger partial charge in [-0.2, -0.15) is 0 Å². The summed E-state index contributed by atoms with van der Waals surface area (Å²) in [6.07, 6.45) is 0.800. The Kier molecular flexibility index (Phi) is 7.34. The summed E-state index contributed by atoms with van der Waals surface area (Å²) in [5, 5.41) is 0. The highest BCUT2D eigenvalue weighted by molar-refractivity contribution is 5.76. The summed E-state index contributed by atoms with van der Waals surface area (Å²) in [5.41, 5.74) is 2.54. The Morgan fingerprint density at radius 3 is 2.73 bits per heavy atom. The smallest absolute Gasteiger partial charge is 0.155 e. The Morgan fingerprint density at radius 1 is 1.45 bits per heavy atom. The van der Waals surface area contributed by atoms with Crippen LogP contribution < -0.4 is 5.48 Å². The Balaban J connectivity index is 2.85. The highest BCUT2D eigenvalue weighted by atomic mass is 16.6. The first kappa shape index (κ1) is 10.6. The van der Waals surface area contributed by atoms with Gasteiger partial charge in [0.05, 0.1) is 6.61 Å². The zero-order valence-corrected chi connectivity index (χ0v) is 7.05. The third-order valence-electron chi connectivity index (χ3n) is 0.985. The molecule has 0 bridgehead atoms. The minimum Gasteiger partial charge on any atom is -0.374 e. The number of nitrogens with one attached hydrogen (secondary N) is 1. The predicted molar refractivity (Wildman–Crippen MR) is 41.1 cm³/mol. The molecule has 0 saturated carbocycles. The third-order valence-corrected chi connectivity index (χ3v) is 0.985. The van der Waals surface area contributed by atoms with Gasteiger partial charge >= 0.3 is 0 Å². The van der Waals surface area contributed by atoms with Gasteiger partial charge in [0.25, 0.3) is 0 Å². The third kappa shape index (κ3) is 9.55. The van der Waals surface area contributed by atoms with E-state index in [9.17, 15) is 4.79 Å². The van der Waals surface area contributed by atoms with Crippen LogP contribution in [0.5, 0.6) is 0 Å². The van der Waals surface area contributed by atoms with E-state index < -0.39 is 0 Å². The standard InChI is InChI=1S/C7H15NO3/c1-7(9)6-10-4-3-5-11-8-2/h8H,3-6H2,1-2H3. The maximum absolute atomic E-state index is 10.4. The van der Waals surface area contributed by atoms with E-state index in [2.05, 4.69) is 5.48 Å². The first-order valence-corrected chi connectivity index (χ1v) is 3.63. The Morgan fingerprint density at radius 2 is 2.18 bits per heavy atom. The van der Waals surface area contributed by atoms with Crippen LogP contribution in [0.4, 0.5) is 0 Å². The van der Waals surface area contributed by atoms with E-state index in [0.29, 0.717) is 13.2 Å². The van der Waals surface area contributed by atoms with Gasteiger partial charge in [-0.3, -0.25) is 4.79 Å². The molecule has 0 spiro atoms. The molecule has 11 heavy (non-hydrogen) atoms. The first-order chi connectivity index (χ1) is 5.27. The molecule has 0 atom stereocenters. The molecule has 0 aliphatic heterocycles. The second-order valence-corrected chi connectivity index (χ2v) is 2.16. The lowest BCUT2D eigenvalue weighted by molar-refractivity contribution is -0.121. The van der Waals surface area contributed by atoms with Crippen molar-refractivity contribution in [1.29, 1.82) is 0 Å². The van der Waals surface area contributed by atoms with E-state index in [1.165, 1.54) is 6.92 Å². The number of carbonyl (C=O) groups excluding carboxylic acids is 1. The van der Waals surface area contributed by atoms with Crippen molar-refractivity contribution in [1.82, 2.24) is 5.48 Å². The SMILES string of the molecule is CNOCCCOCC(C)=O. The summed E-state index contributed by atoms with van der Waals surface area (Å²) in [6.45, 7) is 2.89. The van der Waals surface area contributed by atoms with Crippen molar-refractivity contribution in [3.63, 3.8) is 0 Å². The second-order valence-electron chi connectivity index (χ2n) is 2.16. The van der Waals surface area contributed by atoms with Gasteiger partial charge in [-0.25, -0.2) is 5.48 Å². The predicted octanol–water partition coefficient (Wildman–Crippen LogP) is 0.133. The number of carbonyl (C=O) groups is 1. The number of Topliss-reactive ketones (excluding diaryl/α,β-unsaturated/α-hetero) is 1. The van der Waals surface area contributed by atoms with Crippen LogP contribution in [0.15, 0.2) is 0 Å². The molecule has 4 nitrogen and oxygen atoms in total. The molecule has 0 aromatic heterocycles. The van der Waals surface area contributed by atoms with Crippen LogP contribution in [0.2, 0.25) is 0 Å². The number of hydrogen-bond donors (Lipinski definition) is 1. The fourth-order valence-electron chi connectivity index (χ4n) is 0.551. The van der Waals surface area contributed by atoms with Crippen molar-refractivity contribution in [3.05, 3.63) is 0 Å². The van der Waals surface area contributed by atoms with Crippen molar-refractivity contribution < 1.29 is 14.4 Å². The van der Waals surface area contributed by atoms with Gasteiger partial charge < -0.3 is 9.57 Å². The van der Waals surface area contributed by atoms with Crippen molar-refractivity contribution >= 4 is 5.78 Å². The van der Waals surface area contributed by atoms with E-state index >= 15 is 0 Å². The van der Waals surface area contributed by atoms with Crippen LogP contribution in [0.25, 0.3) is 0 Å². The van der Waals surface area contributed by atoms with Gasteiger partial charge in [0.1, 0.15) is 6.61 Å². The van der Waals surface area contributed by atoms with E-state index in [1.807, 2.05) is 0 Å². The lowest BCUT2D eigenvalue weighted by Crippen LogP contribution is -2.11. The van der Waals surface area contributed by atoms with Crippen molar-refractivity contribution in [2.45, 2.75) is 13.3 Å². The molecule has 4 heteroatoms. The molecule has 0 aliphatic rings. The van der Waals surface area contributed by atoms with Crippen LogP contribution in [0.1, 0.15) is 13.3 Å². The summed E-state index contributed by atoms with van der Waals surface area (Å²) < 4.78 is 4.98. The Bertz CT molecular complexity index is 106. The maximum atomic E-state index is 10.4. The molecular weight excluding hydrogens is 146 g/mol. The van der Waals surface area contributed by atoms with Crippen LogP contribution in [0.3, 0.4) is 0 Å². The first-order valence-electron chi connectivity index (χ1n) is 3.63. The fraction of sp³-hybridized carbons (Fsp3) is 0.857. The van der Waals surface area contributed by atoms with Crippen molar-refractivity contribution in [3.8, 4) is 0 Å². The molecule has 0 unspecified atom stereocenters. The number of rotatable bonds is 7. The number of ketones is 1. The number of hydroxylamine groups is 1. The zero-order chi connectivity index (χ0) is 8.53. The molecule has 0 aromatic carbocycles. The number of ether oxygens (including phenoxy) is 1. The fourth-order valence-corrected chi connectivity index (χ4v) is 0.551. The molecule has 0 rings (SSSR count). The van der Waals surface area contributed by atoms with Crippen LogP contribution in [0, 0.1) is 0 Å². The molecule has 0 aromatic rings. The van der Waals surface area contributed by atoms with Gasteiger partial charge in [0.2, 0.25) is 0 Å². The normalized spacial score (nSPS) is 10.0. The average Bonchev–Trinajstić information content (AvgIpc) is 1.96. The molecule has 1 N–H and O–H groups in total. The van der Waals surface area contributed by atoms with Gasteiger partial charge in [-0.1, -0.05) is 0 Å². The van der Waals surface area contributed by atoms with Crippen LogP contribution in [-0.4, -0.2) is 32.7 Å². The van der Waals surface area contributed by atoms with E-state index in [1.54, 1.807) is 7.05 Å². The Labute approximate surface area is 66.8 Å². The van der Waals surface area contributed by atoms with Crippen molar-refractivity contribution in [2.24, 2.45) is 0 Å². The lowest BCUT2D eigenvalue weighted by Gasteiger charge is -2.01. The Hall–Kier alpha value is -0.450. The quantitative estimate of drug-likeness (QED) is 0.426. The molecule has 0 amide bonds. The molecule has 0 heterocycles. The van der Waals surface area contributed by atoms with E-state index in [4.69, 9.17) is 9.57 Å². The molecule has 0 radical (unpaired) electrons. The molecular formula is C7H15NO3. The van der Waals surface area contributed by atoms with Gasteiger partial charge in [0.15, 0.2) is 5.78 Å². The molecule has 0 saturated heterocycles. The molecule has 0 aliphatic carbocycles. The zero-order valence-electron chi connectivity index (χ0n) is 7.05. The second kappa shape index (κ2) is 7.65. The van der Waals surface area contributed by atoms with E-state index in [0.717, 1.165) is 6.42 Å². The molecule has 66 valence electrons. The number of hydrogen-bond acceptors (Lipinski definition) is 4. The highest BCUT2D eigenvalue weighted by Crippen LogP contribution is 1.83. The largest absolute Gasteiger partial charge is 0.374 e. The summed E-state index contributed by atoms with van der Waals surface area (Å²) in [5.74, 6) is 0.0551.